The molecule has 0 aromatic heterocycles. The van der Waals surface area contributed by atoms with Crippen molar-refractivity contribution in [3.05, 3.63) is 35.9 Å². The Kier molecular flexibility index (Phi) is 4.37. The molecule has 3 rings (SSSR count). The Hall–Kier alpha value is -0.860. The molecule has 1 saturated carbocycles. The van der Waals surface area contributed by atoms with Crippen molar-refractivity contribution in [1.82, 2.24) is 4.90 Å². The molecule has 1 spiro atoms. The molecule has 2 heteroatoms. The van der Waals surface area contributed by atoms with E-state index in [4.69, 9.17) is 5.73 Å². The highest BCUT2D eigenvalue weighted by atomic mass is 15.1. The Balaban J connectivity index is 1.63. The highest BCUT2D eigenvalue weighted by Crippen LogP contribution is 2.46. The Morgan fingerprint density at radius 3 is 2.24 bits per heavy atom. The summed E-state index contributed by atoms with van der Waals surface area (Å²) in [5, 5.41) is 0. The van der Waals surface area contributed by atoms with Crippen LogP contribution in [0.15, 0.2) is 30.3 Å². The van der Waals surface area contributed by atoms with Gasteiger partial charge in [-0.25, -0.2) is 0 Å². The molecule has 0 radical (unpaired) electrons. The third-order valence-electron chi connectivity index (χ3n) is 6.07. The molecule has 1 aliphatic carbocycles. The highest BCUT2D eigenvalue weighted by Gasteiger charge is 2.38. The maximum atomic E-state index is 6.15. The molecule has 2 nitrogen and oxygen atoms in total. The van der Waals surface area contributed by atoms with E-state index in [1.807, 2.05) is 0 Å². The van der Waals surface area contributed by atoms with Crippen molar-refractivity contribution in [3.63, 3.8) is 0 Å². The van der Waals surface area contributed by atoms with Crippen molar-refractivity contribution in [3.8, 4) is 0 Å². The number of nitrogens with two attached hydrogens (primary N) is 1. The quantitative estimate of drug-likeness (QED) is 0.917. The maximum absolute atomic E-state index is 6.15. The summed E-state index contributed by atoms with van der Waals surface area (Å²) in [6, 6.07) is 10.8. The molecule has 2 N–H and O–H groups in total. The predicted octanol–water partition coefficient (Wildman–Crippen LogP) is 3.56. The van der Waals surface area contributed by atoms with Gasteiger partial charge >= 0.3 is 0 Å². The SMILES string of the molecule is CC(CN)(CN1CCC2(CCCC2)CC1)c1ccccc1. The first-order valence-electron chi connectivity index (χ1n) is 8.64. The number of piperidine rings is 1. The van der Waals surface area contributed by atoms with Crippen LogP contribution < -0.4 is 5.73 Å². The van der Waals surface area contributed by atoms with Crippen LogP contribution in [0.3, 0.4) is 0 Å². The summed E-state index contributed by atoms with van der Waals surface area (Å²) in [6.07, 6.45) is 8.70. The average molecular weight is 286 g/mol. The standard InChI is InChI=1S/C19H30N2/c1-18(15-20,17-7-3-2-4-8-17)16-21-13-11-19(12-14-21)9-5-6-10-19/h2-4,7-8H,5-6,9-16,20H2,1H3. The molecule has 1 atom stereocenters. The first-order valence-corrected chi connectivity index (χ1v) is 8.64. The molecule has 2 fully saturated rings. The van der Waals surface area contributed by atoms with Crippen LogP contribution in [0, 0.1) is 5.41 Å². The minimum Gasteiger partial charge on any atom is -0.330 e. The fraction of sp³-hybridized carbons (Fsp3) is 0.684. The Morgan fingerprint density at radius 2 is 1.67 bits per heavy atom. The molecule has 1 aromatic carbocycles. The van der Waals surface area contributed by atoms with Crippen LogP contribution in [-0.2, 0) is 5.41 Å². The molecule has 21 heavy (non-hydrogen) atoms. The molecule has 1 aliphatic heterocycles. The second kappa shape index (κ2) is 6.10. The van der Waals surface area contributed by atoms with E-state index in [9.17, 15) is 0 Å². The zero-order chi connectivity index (χ0) is 14.8. The molecular formula is C19H30N2. The lowest BCUT2D eigenvalue weighted by molar-refractivity contribution is 0.0921. The number of benzene rings is 1. The Morgan fingerprint density at radius 1 is 1.05 bits per heavy atom. The summed E-state index contributed by atoms with van der Waals surface area (Å²) >= 11 is 0. The normalized spacial score (nSPS) is 25.0. The van der Waals surface area contributed by atoms with Crippen LogP contribution in [0.5, 0.6) is 0 Å². The minimum absolute atomic E-state index is 0.0848. The van der Waals surface area contributed by atoms with Gasteiger partial charge in [0.05, 0.1) is 0 Å². The van der Waals surface area contributed by atoms with Crippen molar-refractivity contribution < 1.29 is 0 Å². The van der Waals surface area contributed by atoms with Gasteiger partial charge in [-0.2, -0.15) is 0 Å². The van der Waals surface area contributed by atoms with Crippen LogP contribution in [0.2, 0.25) is 0 Å². The summed E-state index contributed by atoms with van der Waals surface area (Å²) in [6.45, 7) is 6.68. The van der Waals surface area contributed by atoms with Crippen LogP contribution in [-0.4, -0.2) is 31.1 Å². The summed E-state index contributed by atoms with van der Waals surface area (Å²) in [7, 11) is 0. The van der Waals surface area contributed by atoms with E-state index in [0.29, 0.717) is 5.41 Å². The van der Waals surface area contributed by atoms with Gasteiger partial charge in [0.2, 0.25) is 0 Å². The van der Waals surface area contributed by atoms with Crippen molar-refractivity contribution in [1.29, 1.82) is 0 Å². The fourth-order valence-corrected chi connectivity index (χ4v) is 4.42. The molecular weight excluding hydrogens is 256 g/mol. The Bertz CT molecular complexity index is 440. The van der Waals surface area contributed by atoms with E-state index in [-0.39, 0.29) is 5.41 Å². The minimum atomic E-state index is 0.0848. The number of hydrogen-bond donors (Lipinski definition) is 1. The molecule has 1 heterocycles. The number of nitrogens with zero attached hydrogens (tertiary/aromatic N) is 1. The van der Waals surface area contributed by atoms with E-state index < -0.39 is 0 Å². The molecule has 1 saturated heterocycles. The molecule has 0 bridgehead atoms. The summed E-state index contributed by atoms with van der Waals surface area (Å²) in [5.41, 5.74) is 8.32. The topological polar surface area (TPSA) is 29.3 Å². The van der Waals surface area contributed by atoms with Gasteiger partial charge < -0.3 is 10.6 Å². The lowest BCUT2D eigenvalue weighted by Gasteiger charge is -2.43. The van der Waals surface area contributed by atoms with E-state index in [2.05, 4.69) is 42.2 Å². The zero-order valence-corrected chi connectivity index (χ0v) is 13.5. The fourth-order valence-electron chi connectivity index (χ4n) is 4.42. The van der Waals surface area contributed by atoms with Gasteiger partial charge in [-0.05, 0) is 49.8 Å². The molecule has 116 valence electrons. The van der Waals surface area contributed by atoms with E-state index in [1.54, 1.807) is 0 Å². The predicted molar refractivity (Wildman–Crippen MR) is 89.4 cm³/mol. The highest BCUT2D eigenvalue weighted by molar-refractivity contribution is 5.25. The largest absolute Gasteiger partial charge is 0.330 e. The van der Waals surface area contributed by atoms with Gasteiger partial charge in [-0.15, -0.1) is 0 Å². The van der Waals surface area contributed by atoms with E-state index in [1.165, 1.54) is 57.2 Å². The number of likely N-dealkylation sites (tertiary alicyclic amines) is 1. The molecule has 2 aliphatic rings. The van der Waals surface area contributed by atoms with Crippen molar-refractivity contribution in [2.75, 3.05) is 26.2 Å². The van der Waals surface area contributed by atoms with Gasteiger partial charge in [-0.1, -0.05) is 50.1 Å². The van der Waals surface area contributed by atoms with Crippen molar-refractivity contribution in [2.45, 2.75) is 50.9 Å². The van der Waals surface area contributed by atoms with Gasteiger partial charge in [0, 0.05) is 18.5 Å². The number of rotatable bonds is 4. The van der Waals surface area contributed by atoms with Gasteiger partial charge in [0.1, 0.15) is 0 Å². The zero-order valence-electron chi connectivity index (χ0n) is 13.5. The smallest absolute Gasteiger partial charge is 0.0174 e. The van der Waals surface area contributed by atoms with Gasteiger partial charge in [0.15, 0.2) is 0 Å². The van der Waals surface area contributed by atoms with Crippen molar-refractivity contribution in [2.24, 2.45) is 11.1 Å². The summed E-state index contributed by atoms with van der Waals surface area (Å²) in [4.78, 5) is 2.66. The summed E-state index contributed by atoms with van der Waals surface area (Å²) in [5.74, 6) is 0. The first kappa shape index (κ1) is 15.1. The molecule has 1 aromatic rings. The monoisotopic (exact) mass is 286 g/mol. The molecule has 0 amide bonds. The van der Waals surface area contributed by atoms with Crippen LogP contribution >= 0.6 is 0 Å². The van der Waals surface area contributed by atoms with E-state index >= 15 is 0 Å². The summed E-state index contributed by atoms with van der Waals surface area (Å²) < 4.78 is 0. The second-order valence-electron chi connectivity index (χ2n) is 7.61. The average Bonchev–Trinajstić information content (AvgIpc) is 2.99. The van der Waals surface area contributed by atoms with Gasteiger partial charge in [-0.3, -0.25) is 0 Å². The van der Waals surface area contributed by atoms with Crippen LogP contribution in [0.1, 0.15) is 51.0 Å². The molecule has 1 unspecified atom stereocenters. The van der Waals surface area contributed by atoms with Crippen LogP contribution in [0.25, 0.3) is 0 Å². The van der Waals surface area contributed by atoms with Crippen LogP contribution in [0.4, 0.5) is 0 Å². The Labute approximate surface area is 129 Å². The van der Waals surface area contributed by atoms with Gasteiger partial charge in [0.25, 0.3) is 0 Å². The van der Waals surface area contributed by atoms with Crippen molar-refractivity contribution >= 4 is 0 Å². The maximum Gasteiger partial charge on any atom is 0.0174 e. The third-order valence-corrected chi connectivity index (χ3v) is 6.07. The first-order chi connectivity index (χ1) is 10.2. The lowest BCUT2D eigenvalue weighted by Crippen LogP contribution is -2.48. The van der Waals surface area contributed by atoms with E-state index in [0.717, 1.165) is 13.1 Å². The lowest BCUT2D eigenvalue weighted by atomic mass is 9.76. The number of hydrogen-bond acceptors (Lipinski definition) is 2. The third kappa shape index (κ3) is 3.17. The second-order valence-corrected chi connectivity index (χ2v) is 7.61.